The maximum atomic E-state index is 11.7. The van der Waals surface area contributed by atoms with Gasteiger partial charge in [0, 0.05) is 13.3 Å². The number of hydrogen-bond donors (Lipinski definition) is 0. The third-order valence-corrected chi connectivity index (χ3v) is 13.4. The molecule has 4 fully saturated rings. The van der Waals surface area contributed by atoms with E-state index in [0.29, 0.717) is 17.3 Å². The Morgan fingerprint density at radius 2 is 1.56 bits per heavy atom. The SMILES string of the molecule is CC(=O)O[C@H]1CC[C@]2(C)[C@H]3CC[C@]4(C)[C@@H]([C@H](C)CC=C(c5ccccc5)c5ccccc5)CC[C@H]4[C@@H]3CC[C@@]2(Cl)C1. The van der Waals surface area contributed by atoms with Crippen LogP contribution in [-0.4, -0.2) is 16.9 Å². The molecule has 0 aromatic heterocycles. The summed E-state index contributed by atoms with van der Waals surface area (Å²) in [6.45, 7) is 9.21. The predicted molar refractivity (Wildman–Crippen MR) is 170 cm³/mol. The monoisotopic (exact) mass is 572 g/mol. The molecule has 3 heteroatoms. The Morgan fingerprint density at radius 1 is 0.902 bits per heavy atom. The van der Waals surface area contributed by atoms with E-state index >= 15 is 0 Å². The molecule has 0 unspecified atom stereocenters. The van der Waals surface area contributed by atoms with E-state index in [1.165, 1.54) is 55.7 Å². The zero-order valence-electron chi connectivity index (χ0n) is 25.6. The highest BCUT2D eigenvalue weighted by molar-refractivity contribution is 6.24. The van der Waals surface area contributed by atoms with E-state index < -0.39 is 0 Å². The Bertz CT molecular complexity index is 1210. The number of carbonyl (C=O) groups excluding carboxylic acids is 1. The highest BCUT2D eigenvalue weighted by atomic mass is 35.5. The molecule has 2 aromatic carbocycles. The van der Waals surface area contributed by atoms with Crippen LogP contribution in [0.2, 0.25) is 0 Å². The molecule has 41 heavy (non-hydrogen) atoms. The summed E-state index contributed by atoms with van der Waals surface area (Å²) in [5.41, 5.74) is 4.55. The topological polar surface area (TPSA) is 26.3 Å². The zero-order chi connectivity index (χ0) is 28.8. The molecule has 220 valence electrons. The number of rotatable bonds is 6. The van der Waals surface area contributed by atoms with Crippen molar-refractivity contribution in [3.05, 3.63) is 77.9 Å². The number of benzene rings is 2. The Balaban J connectivity index is 1.19. The molecule has 6 rings (SSSR count). The van der Waals surface area contributed by atoms with Gasteiger partial charge in [-0.15, -0.1) is 11.6 Å². The van der Waals surface area contributed by atoms with Crippen molar-refractivity contribution < 1.29 is 9.53 Å². The molecule has 0 spiro atoms. The molecule has 0 radical (unpaired) electrons. The molecule has 2 nitrogen and oxygen atoms in total. The summed E-state index contributed by atoms with van der Waals surface area (Å²) in [6, 6.07) is 21.8. The largest absolute Gasteiger partial charge is 0.462 e. The third kappa shape index (κ3) is 5.11. The number of fused-ring (bicyclic) bond motifs is 5. The summed E-state index contributed by atoms with van der Waals surface area (Å²) in [4.78, 5) is 11.5. The standard InChI is InChI=1S/C38H49ClO2/c1-26(15-16-31(28-11-7-5-8-12-28)29-13-9-6-10-14-29)33-17-18-34-32-20-24-38(39)25-30(41-27(2)40)19-23-37(38,4)35(32)21-22-36(33,34)3/h5-14,16,26,30,32-35H,15,17-25H2,1-4H3/t26-,30+,32+,33-,34+,35+,36-,37-,38-/m1/s1. The maximum Gasteiger partial charge on any atom is 0.302 e. The first-order valence-corrected chi connectivity index (χ1v) is 16.7. The molecule has 0 amide bonds. The zero-order valence-corrected chi connectivity index (χ0v) is 26.3. The number of ether oxygens (including phenoxy) is 1. The van der Waals surface area contributed by atoms with E-state index in [1.54, 1.807) is 0 Å². The van der Waals surface area contributed by atoms with Crippen LogP contribution in [0.15, 0.2) is 66.7 Å². The molecule has 4 saturated carbocycles. The van der Waals surface area contributed by atoms with Gasteiger partial charge in [-0.2, -0.15) is 0 Å². The first kappa shape index (κ1) is 29.0. The highest BCUT2D eigenvalue weighted by Crippen LogP contribution is 2.70. The Morgan fingerprint density at radius 3 is 2.20 bits per heavy atom. The van der Waals surface area contributed by atoms with Crippen LogP contribution in [-0.2, 0) is 9.53 Å². The van der Waals surface area contributed by atoms with Gasteiger partial charge in [0.25, 0.3) is 0 Å². The second-order valence-electron chi connectivity index (χ2n) is 14.6. The van der Waals surface area contributed by atoms with Crippen LogP contribution in [0, 0.1) is 40.4 Å². The fraction of sp³-hybridized carbons (Fsp3) is 0.605. The van der Waals surface area contributed by atoms with E-state index in [9.17, 15) is 4.79 Å². The van der Waals surface area contributed by atoms with Crippen LogP contribution < -0.4 is 0 Å². The highest BCUT2D eigenvalue weighted by Gasteiger charge is 2.64. The van der Waals surface area contributed by atoms with Gasteiger partial charge in [0.1, 0.15) is 6.10 Å². The summed E-state index contributed by atoms with van der Waals surface area (Å²) in [5, 5.41) is 0. The molecule has 4 aliphatic carbocycles. The van der Waals surface area contributed by atoms with Crippen LogP contribution in [0.4, 0.5) is 0 Å². The average Bonchev–Trinajstić information content (AvgIpc) is 3.32. The first-order valence-electron chi connectivity index (χ1n) is 16.3. The van der Waals surface area contributed by atoms with Crippen molar-refractivity contribution in [2.45, 2.75) is 103 Å². The van der Waals surface area contributed by atoms with Crippen LogP contribution in [0.5, 0.6) is 0 Å². The smallest absolute Gasteiger partial charge is 0.302 e. The third-order valence-electron chi connectivity index (χ3n) is 12.6. The molecular weight excluding hydrogens is 524 g/mol. The van der Waals surface area contributed by atoms with Crippen molar-refractivity contribution in [2.24, 2.45) is 40.4 Å². The average molecular weight is 573 g/mol. The second-order valence-corrected chi connectivity index (χ2v) is 15.3. The molecule has 0 heterocycles. The van der Waals surface area contributed by atoms with Crippen LogP contribution in [0.1, 0.15) is 103 Å². The lowest BCUT2D eigenvalue weighted by Gasteiger charge is -2.64. The van der Waals surface area contributed by atoms with Gasteiger partial charge in [-0.1, -0.05) is 87.5 Å². The van der Waals surface area contributed by atoms with Crippen molar-refractivity contribution in [2.75, 3.05) is 0 Å². The Kier molecular flexibility index (Phi) is 7.94. The van der Waals surface area contributed by atoms with E-state index in [4.69, 9.17) is 16.3 Å². The minimum Gasteiger partial charge on any atom is -0.462 e. The number of esters is 1. The molecule has 0 N–H and O–H groups in total. The van der Waals surface area contributed by atoms with Gasteiger partial charge in [0.15, 0.2) is 0 Å². The number of carbonyl (C=O) groups is 1. The minimum atomic E-state index is -0.234. The molecule has 9 atom stereocenters. The summed E-state index contributed by atoms with van der Waals surface area (Å²) >= 11 is 7.55. The Labute approximate surface area is 253 Å². The van der Waals surface area contributed by atoms with Gasteiger partial charge in [0.05, 0.1) is 4.87 Å². The van der Waals surface area contributed by atoms with Gasteiger partial charge in [-0.05, 0) is 115 Å². The lowest BCUT2D eigenvalue weighted by atomic mass is 9.44. The van der Waals surface area contributed by atoms with Crippen molar-refractivity contribution in [3.63, 3.8) is 0 Å². The molecule has 0 bridgehead atoms. The van der Waals surface area contributed by atoms with E-state index in [-0.39, 0.29) is 22.4 Å². The molecule has 0 saturated heterocycles. The predicted octanol–water partition coefficient (Wildman–Crippen LogP) is 10.1. The van der Waals surface area contributed by atoms with Crippen molar-refractivity contribution in [1.29, 1.82) is 0 Å². The number of allylic oxidation sites excluding steroid dienone is 1. The van der Waals surface area contributed by atoms with Crippen LogP contribution in [0.25, 0.3) is 5.57 Å². The second kappa shape index (κ2) is 11.2. The van der Waals surface area contributed by atoms with Crippen LogP contribution in [0.3, 0.4) is 0 Å². The van der Waals surface area contributed by atoms with Gasteiger partial charge in [0.2, 0.25) is 0 Å². The quantitative estimate of drug-likeness (QED) is 0.254. The van der Waals surface area contributed by atoms with Gasteiger partial charge < -0.3 is 4.74 Å². The lowest BCUT2D eigenvalue weighted by Crippen LogP contribution is -2.60. The van der Waals surface area contributed by atoms with E-state index in [0.717, 1.165) is 49.9 Å². The Hall–Kier alpha value is -2.06. The first-order chi connectivity index (χ1) is 19.6. The fourth-order valence-electron chi connectivity index (χ4n) is 10.6. The number of halogens is 1. The number of hydrogen-bond acceptors (Lipinski definition) is 2. The van der Waals surface area contributed by atoms with Crippen molar-refractivity contribution in [1.82, 2.24) is 0 Å². The fourth-order valence-corrected chi connectivity index (χ4v) is 11.1. The molecular formula is C38H49ClO2. The normalized spacial score (nSPS) is 38.6. The van der Waals surface area contributed by atoms with E-state index in [1.807, 2.05) is 0 Å². The van der Waals surface area contributed by atoms with Crippen molar-refractivity contribution >= 4 is 23.1 Å². The van der Waals surface area contributed by atoms with Crippen LogP contribution >= 0.6 is 11.6 Å². The molecule has 0 aliphatic heterocycles. The van der Waals surface area contributed by atoms with Gasteiger partial charge in [-0.3, -0.25) is 4.79 Å². The van der Waals surface area contributed by atoms with Crippen molar-refractivity contribution in [3.8, 4) is 0 Å². The van der Waals surface area contributed by atoms with Gasteiger partial charge in [-0.25, -0.2) is 0 Å². The maximum absolute atomic E-state index is 11.7. The lowest BCUT2D eigenvalue weighted by molar-refractivity contribution is -0.157. The minimum absolute atomic E-state index is 0.00934. The summed E-state index contributed by atoms with van der Waals surface area (Å²) in [6.07, 6.45) is 14.2. The molecule has 2 aromatic rings. The summed E-state index contributed by atoms with van der Waals surface area (Å²) in [5.74, 6) is 3.56. The van der Waals surface area contributed by atoms with Gasteiger partial charge >= 0.3 is 5.97 Å². The summed E-state index contributed by atoms with van der Waals surface area (Å²) < 4.78 is 5.68. The molecule has 4 aliphatic rings. The summed E-state index contributed by atoms with van der Waals surface area (Å²) in [7, 11) is 0. The van der Waals surface area contributed by atoms with E-state index in [2.05, 4.69) is 87.5 Å². The number of alkyl halides is 1.